The van der Waals surface area contributed by atoms with Crippen molar-refractivity contribution in [3.8, 4) is 0 Å². The molecule has 2 atom stereocenters. The molecule has 0 aromatic heterocycles. The summed E-state index contributed by atoms with van der Waals surface area (Å²) in [6.07, 6.45) is 4.63. The Bertz CT molecular complexity index is 827. The minimum absolute atomic E-state index is 0.00676. The van der Waals surface area contributed by atoms with E-state index in [1.165, 1.54) is 7.11 Å². The van der Waals surface area contributed by atoms with E-state index in [1.807, 2.05) is 0 Å². The second-order valence-corrected chi connectivity index (χ2v) is 10.4. The van der Waals surface area contributed by atoms with Gasteiger partial charge in [0.1, 0.15) is 11.3 Å². The van der Waals surface area contributed by atoms with E-state index in [2.05, 4.69) is 0 Å². The monoisotopic (exact) mass is 397 g/mol. The highest BCUT2D eigenvalue weighted by molar-refractivity contribution is 7.96. The van der Waals surface area contributed by atoms with Crippen LogP contribution < -0.4 is 0 Å². The SMILES string of the molecule is CO[C@H]1C(=O)N2C(C(=O)OC(C)(C)C)=C(C)/C(=C/C3CCCC3)S(=O)(=O)[C@@H]12. The lowest BCUT2D eigenvalue weighted by Crippen LogP contribution is -2.70. The first-order valence-corrected chi connectivity index (χ1v) is 10.8. The van der Waals surface area contributed by atoms with E-state index >= 15 is 0 Å². The van der Waals surface area contributed by atoms with Gasteiger partial charge in [0.15, 0.2) is 11.5 Å². The van der Waals surface area contributed by atoms with Crippen LogP contribution in [-0.4, -0.2) is 49.4 Å². The Kier molecular flexibility index (Phi) is 5.01. The van der Waals surface area contributed by atoms with Crippen molar-refractivity contribution >= 4 is 21.7 Å². The van der Waals surface area contributed by atoms with Gasteiger partial charge in [-0.3, -0.25) is 9.69 Å². The van der Waals surface area contributed by atoms with Crippen molar-refractivity contribution in [1.29, 1.82) is 0 Å². The number of ether oxygens (including phenoxy) is 2. The van der Waals surface area contributed by atoms with Crippen molar-refractivity contribution in [3.63, 3.8) is 0 Å². The van der Waals surface area contributed by atoms with Gasteiger partial charge in [0.05, 0.1) is 4.91 Å². The summed E-state index contributed by atoms with van der Waals surface area (Å²) in [5.74, 6) is -1.07. The van der Waals surface area contributed by atoms with Gasteiger partial charge in [0, 0.05) is 7.11 Å². The summed E-state index contributed by atoms with van der Waals surface area (Å²) in [6, 6.07) is 0. The lowest BCUT2D eigenvalue weighted by Gasteiger charge is -2.49. The van der Waals surface area contributed by atoms with Crippen LogP contribution in [0.2, 0.25) is 0 Å². The maximum atomic E-state index is 13.2. The highest BCUT2D eigenvalue weighted by atomic mass is 32.2. The summed E-state index contributed by atoms with van der Waals surface area (Å²) < 4.78 is 37.0. The van der Waals surface area contributed by atoms with Crippen LogP contribution in [0.5, 0.6) is 0 Å². The fourth-order valence-corrected chi connectivity index (χ4v) is 6.18. The smallest absolute Gasteiger partial charge is 0.355 e. The summed E-state index contributed by atoms with van der Waals surface area (Å²) in [6.45, 7) is 6.75. The summed E-state index contributed by atoms with van der Waals surface area (Å²) in [5.41, 5.74) is -0.484. The molecule has 3 rings (SSSR count). The molecule has 0 aromatic carbocycles. The highest BCUT2D eigenvalue weighted by Crippen LogP contribution is 2.44. The molecule has 1 amide bonds. The average Bonchev–Trinajstić information content (AvgIpc) is 3.04. The molecule has 150 valence electrons. The molecule has 1 saturated carbocycles. The molecule has 0 bridgehead atoms. The minimum Gasteiger partial charge on any atom is -0.455 e. The number of carbonyl (C=O) groups is 2. The lowest BCUT2D eigenvalue weighted by atomic mass is 10.0. The average molecular weight is 397 g/mol. The predicted molar refractivity (Wildman–Crippen MR) is 98.9 cm³/mol. The first kappa shape index (κ1) is 20.1. The zero-order valence-corrected chi connectivity index (χ0v) is 17.3. The number of nitrogens with zero attached hydrogens (tertiary/aromatic N) is 1. The van der Waals surface area contributed by atoms with Gasteiger partial charge in [-0.25, -0.2) is 13.2 Å². The first-order valence-electron chi connectivity index (χ1n) is 9.25. The minimum atomic E-state index is -3.83. The Morgan fingerprint density at radius 1 is 1.22 bits per heavy atom. The molecule has 1 aliphatic carbocycles. The fraction of sp³-hybridized carbons (Fsp3) is 0.684. The number of carbonyl (C=O) groups excluding carboxylic acids is 2. The summed E-state index contributed by atoms with van der Waals surface area (Å²) >= 11 is 0. The second-order valence-electron chi connectivity index (χ2n) is 8.35. The summed E-state index contributed by atoms with van der Waals surface area (Å²) in [7, 11) is -2.53. The number of β-lactam (4-membered cyclic amide) rings is 1. The Morgan fingerprint density at radius 2 is 1.81 bits per heavy atom. The molecular formula is C19H27NO6S. The van der Waals surface area contributed by atoms with Gasteiger partial charge < -0.3 is 9.47 Å². The fourth-order valence-electron chi connectivity index (χ4n) is 3.97. The normalized spacial score (nSPS) is 29.7. The largest absolute Gasteiger partial charge is 0.455 e. The molecule has 7 nitrogen and oxygen atoms in total. The van der Waals surface area contributed by atoms with Crippen molar-refractivity contribution in [3.05, 3.63) is 22.3 Å². The number of hydrogen-bond donors (Lipinski definition) is 0. The molecule has 27 heavy (non-hydrogen) atoms. The number of amides is 1. The maximum Gasteiger partial charge on any atom is 0.355 e. The van der Waals surface area contributed by atoms with Crippen molar-refractivity contribution in [2.75, 3.05) is 7.11 Å². The Morgan fingerprint density at radius 3 is 2.33 bits per heavy atom. The molecular weight excluding hydrogens is 370 g/mol. The molecule has 0 aromatic rings. The number of esters is 1. The van der Waals surface area contributed by atoms with E-state index in [1.54, 1.807) is 33.8 Å². The van der Waals surface area contributed by atoms with Gasteiger partial charge in [0.2, 0.25) is 9.84 Å². The molecule has 1 saturated heterocycles. The van der Waals surface area contributed by atoms with E-state index in [9.17, 15) is 18.0 Å². The number of allylic oxidation sites excluding steroid dienone is 2. The van der Waals surface area contributed by atoms with Gasteiger partial charge in [0.25, 0.3) is 5.91 Å². The first-order chi connectivity index (χ1) is 12.5. The van der Waals surface area contributed by atoms with E-state index in [0.717, 1.165) is 30.6 Å². The number of rotatable bonds is 3. The third-order valence-electron chi connectivity index (χ3n) is 5.22. The molecule has 0 unspecified atom stereocenters. The van der Waals surface area contributed by atoms with Crippen LogP contribution in [0.25, 0.3) is 0 Å². The number of hydrogen-bond acceptors (Lipinski definition) is 6. The Balaban J connectivity index is 2.13. The molecule has 2 fully saturated rings. The summed E-state index contributed by atoms with van der Waals surface area (Å²) in [4.78, 5) is 26.4. The van der Waals surface area contributed by atoms with Crippen LogP contribution in [0.1, 0.15) is 53.4 Å². The van der Waals surface area contributed by atoms with Gasteiger partial charge >= 0.3 is 5.97 Å². The predicted octanol–water partition coefficient (Wildman–Crippen LogP) is 2.29. The third-order valence-corrected chi connectivity index (χ3v) is 7.37. The van der Waals surface area contributed by atoms with Crippen molar-refractivity contribution < 1.29 is 27.5 Å². The van der Waals surface area contributed by atoms with Crippen LogP contribution in [0.3, 0.4) is 0 Å². The Labute approximate surface area is 160 Å². The van der Waals surface area contributed by atoms with Gasteiger partial charge in [-0.1, -0.05) is 18.9 Å². The number of fused-ring (bicyclic) bond motifs is 1. The Hall–Kier alpha value is -1.67. The standard InChI is InChI=1S/C19H27NO6S/c1-11-13(10-12-8-6-7-9-12)27(23,24)17-15(25-5)16(21)20(17)14(11)18(22)26-19(2,3)4/h10,12,15,17H,6-9H2,1-5H3/b13-10-/t15-,17-/m0/s1. The van der Waals surface area contributed by atoms with Gasteiger partial charge in [-0.15, -0.1) is 0 Å². The van der Waals surface area contributed by atoms with Crippen LogP contribution in [0, 0.1) is 5.92 Å². The number of sulfone groups is 1. The summed E-state index contributed by atoms with van der Waals surface area (Å²) in [5, 5.41) is -1.21. The van der Waals surface area contributed by atoms with Crippen molar-refractivity contribution in [2.24, 2.45) is 5.92 Å². The molecule has 2 heterocycles. The molecule has 3 aliphatic rings. The van der Waals surface area contributed by atoms with Crippen LogP contribution in [0.15, 0.2) is 22.3 Å². The number of methoxy groups -OCH3 is 1. The topological polar surface area (TPSA) is 90.0 Å². The van der Waals surface area contributed by atoms with Crippen molar-refractivity contribution in [2.45, 2.75) is 70.5 Å². The quantitative estimate of drug-likeness (QED) is 0.536. The van der Waals surface area contributed by atoms with Crippen LogP contribution in [0.4, 0.5) is 0 Å². The molecule has 2 aliphatic heterocycles. The van der Waals surface area contributed by atoms with E-state index in [-0.39, 0.29) is 22.1 Å². The van der Waals surface area contributed by atoms with Crippen molar-refractivity contribution in [1.82, 2.24) is 4.90 Å². The maximum absolute atomic E-state index is 13.2. The van der Waals surface area contributed by atoms with Crippen LogP contribution in [-0.2, 0) is 28.9 Å². The molecule has 0 radical (unpaired) electrons. The van der Waals surface area contributed by atoms with Crippen LogP contribution >= 0.6 is 0 Å². The van der Waals surface area contributed by atoms with Gasteiger partial charge in [-0.05, 0) is 52.0 Å². The zero-order valence-electron chi connectivity index (χ0n) is 16.4. The lowest BCUT2D eigenvalue weighted by molar-refractivity contribution is -0.167. The molecule has 8 heteroatoms. The third kappa shape index (κ3) is 3.33. The molecule has 0 N–H and O–H groups in total. The van der Waals surface area contributed by atoms with E-state index in [4.69, 9.17) is 9.47 Å². The second kappa shape index (κ2) is 6.74. The van der Waals surface area contributed by atoms with E-state index in [0.29, 0.717) is 0 Å². The van der Waals surface area contributed by atoms with Gasteiger partial charge in [-0.2, -0.15) is 0 Å². The van der Waals surface area contributed by atoms with E-state index < -0.39 is 38.8 Å². The highest BCUT2D eigenvalue weighted by Gasteiger charge is 2.62. The zero-order chi connectivity index (χ0) is 20.1. The molecule has 0 spiro atoms.